The SMILES string of the molecule is Cc1cccc2cc([C@@H](C)Nc3ncnc(N)c3C#N)c(-c3ccc(F)c(F)c3)c(=O)n12. The maximum Gasteiger partial charge on any atom is 0.263 e. The van der Waals surface area contributed by atoms with Crippen molar-refractivity contribution in [2.24, 2.45) is 0 Å². The van der Waals surface area contributed by atoms with Crippen LogP contribution in [0.15, 0.2) is 53.6 Å². The number of nitriles is 1. The molecule has 0 saturated carbocycles. The largest absolute Gasteiger partial charge is 0.382 e. The molecule has 3 aromatic heterocycles. The standard InChI is InChI=1S/C23H18F2N6O/c1-12-4-3-5-15-9-16(13(2)30-22-17(10-26)21(27)28-11-29-22)20(23(32)31(12)15)14-6-7-18(24)19(25)8-14/h3-9,11,13H,1-2H3,(H3,27,28,29,30)/t13-/m1/s1. The number of nitrogens with one attached hydrogen (secondary N) is 1. The average Bonchev–Trinajstić information content (AvgIpc) is 2.76. The summed E-state index contributed by atoms with van der Waals surface area (Å²) in [6, 6.07) is 11.9. The highest BCUT2D eigenvalue weighted by molar-refractivity contribution is 5.72. The molecule has 0 aliphatic rings. The molecule has 7 nitrogen and oxygen atoms in total. The zero-order valence-corrected chi connectivity index (χ0v) is 17.2. The highest BCUT2D eigenvalue weighted by Gasteiger charge is 2.21. The zero-order chi connectivity index (χ0) is 23.0. The molecular formula is C23H18F2N6O. The van der Waals surface area contributed by atoms with Crippen molar-refractivity contribution in [3.63, 3.8) is 0 Å². The molecule has 1 aromatic carbocycles. The first-order valence-corrected chi connectivity index (χ1v) is 9.69. The molecule has 4 aromatic rings. The summed E-state index contributed by atoms with van der Waals surface area (Å²) in [6.07, 6.45) is 1.22. The van der Waals surface area contributed by atoms with Crippen molar-refractivity contribution >= 4 is 17.2 Å². The van der Waals surface area contributed by atoms with E-state index in [4.69, 9.17) is 5.73 Å². The van der Waals surface area contributed by atoms with Gasteiger partial charge in [0.2, 0.25) is 0 Å². The van der Waals surface area contributed by atoms with E-state index in [2.05, 4.69) is 15.3 Å². The van der Waals surface area contributed by atoms with E-state index >= 15 is 0 Å². The monoisotopic (exact) mass is 432 g/mol. The number of hydrogen-bond donors (Lipinski definition) is 2. The quantitative estimate of drug-likeness (QED) is 0.505. The third-order valence-electron chi connectivity index (χ3n) is 5.24. The first-order valence-electron chi connectivity index (χ1n) is 9.69. The van der Waals surface area contributed by atoms with Crippen LogP contribution in [0.4, 0.5) is 20.4 Å². The van der Waals surface area contributed by atoms with Gasteiger partial charge in [-0.1, -0.05) is 12.1 Å². The minimum Gasteiger partial charge on any atom is -0.382 e. The van der Waals surface area contributed by atoms with Gasteiger partial charge in [0.25, 0.3) is 5.56 Å². The highest BCUT2D eigenvalue weighted by atomic mass is 19.2. The number of benzene rings is 1. The maximum atomic E-state index is 14.0. The third-order valence-corrected chi connectivity index (χ3v) is 5.24. The molecule has 160 valence electrons. The lowest BCUT2D eigenvalue weighted by atomic mass is 9.95. The first kappa shape index (κ1) is 20.9. The Hall–Kier alpha value is -4.32. The van der Waals surface area contributed by atoms with E-state index in [1.54, 1.807) is 32.0 Å². The number of rotatable bonds is 4. The Morgan fingerprint density at radius 2 is 1.94 bits per heavy atom. The van der Waals surface area contributed by atoms with Crippen LogP contribution in [0.5, 0.6) is 0 Å². The van der Waals surface area contributed by atoms with E-state index < -0.39 is 17.7 Å². The fourth-order valence-corrected chi connectivity index (χ4v) is 3.68. The van der Waals surface area contributed by atoms with Crippen LogP contribution in [0.3, 0.4) is 0 Å². The summed E-state index contributed by atoms with van der Waals surface area (Å²) >= 11 is 0. The summed E-state index contributed by atoms with van der Waals surface area (Å²) in [5, 5.41) is 12.5. The predicted octanol–water partition coefficient (Wildman–Crippen LogP) is 3.97. The molecule has 32 heavy (non-hydrogen) atoms. The molecule has 0 aliphatic carbocycles. The van der Waals surface area contributed by atoms with Gasteiger partial charge in [0.05, 0.1) is 11.6 Å². The Kier molecular flexibility index (Phi) is 5.28. The normalized spacial score (nSPS) is 11.8. The second kappa shape index (κ2) is 8.07. The number of aryl methyl sites for hydroxylation is 1. The van der Waals surface area contributed by atoms with Gasteiger partial charge in [-0.3, -0.25) is 9.20 Å². The second-order valence-corrected chi connectivity index (χ2v) is 7.30. The average molecular weight is 432 g/mol. The van der Waals surface area contributed by atoms with Crippen molar-refractivity contribution in [3.05, 3.63) is 87.6 Å². The van der Waals surface area contributed by atoms with Gasteiger partial charge in [0.15, 0.2) is 11.6 Å². The molecule has 3 heterocycles. The molecule has 0 bridgehead atoms. The molecule has 4 rings (SSSR count). The number of hydrogen-bond acceptors (Lipinski definition) is 6. The van der Waals surface area contributed by atoms with Crippen molar-refractivity contribution in [3.8, 4) is 17.2 Å². The fourth-order valence-electron chi connectivity index (χ4n) is 3.68. The number of nitrogens with two attached hydrogens (primary N) is 1. The second-order valence-electron chi connectivity index (χ2n) is 7.30. The van der Waals surface area contributed by atoms with Gasteiger partial charge in [0, 0.05) is 11.2 Å². The maximum absolute atomic E-state index is 14.0. The van der Waals surface area contributed by atoms with Crippen LogP contribution in [0, 0.1) is 29.9 Å². The van der Waals surface area contributed by atoms with Crippen molar-refractivity contribution < 1.29 is 8.78 Å². The van der Waals surface area contributed by atoms with Crippen molar-refractivity contribution in [1.29, 1.82) is 5.26 Å². The minimum atomic E-state index is -1.06. The highest BCUT2D eigenvalue weighted by Crippen LogP contribution is 2.31. The van der Waals surface area contributed by atoms with Crippen molar-refractivity contribution in [2.45, 2.75) is 19.9 Å². The lowest BCUT2D eigenvalue weighted by molar-refractivity contribution is 0.509. The van der Waals surface area contributed by atoms with Crippen molar-refractivity contribution in [1.82, 2.24) is 14.4 Å². The van der Waals surface area contributed by atoms with Crippen LogP contribution in [-0.2, 0) is 0 Å². The zero-order valence-electron chi connectivity index (χ0n) is 17.2. The van der Waals surface area contributed by atoms with E-state index in [9.17, 15) is 18.8 Å². The van der Waals surface area contributed by atoms with E-state index in [-0.39, 0.29) is 33.9 Å². The summed E-state index contributed by atoms with van der Waals surface area (Å²) in [4.78, 5) is 21.4. The number of fused-ring (bicyclic) bond motifs is 1. The molecule has 0 radical (unpaired) electrons. The van der Waals surface area contributed by atoms with Gasteiger partial charge in [-0.05, 0) is 55.3 Å². The van der Waals surface area contributed by atoms with Gasteiger partial charge >= 0.3 is 0 Å². The van der Waals surface area contributed by atoms with Gasteiger partial charge in [-0.25, -0.2) is 18.7 Å². The van der Waals surface area contributed by atoms with Crippen LogP contribution >= 0.6 is 0 Å². The molecule has 0 unspecified atom stereocenters. The molecule has 0 amide bonds. The number of nitrogen functional groups attached to an aromatic ring is 1. The molecule has 3 N–H and O–H groups in total. The Bertz CT molecular complexity index is 1460. The van der Waals surface area contributed by atoms with E-state index in [1.807, 2.05) is 12.1 Å². The molecule has 1 atom stereocenters. The molecule has 0 saturated heterocycles. The summed E-state index contributed by atoms with van der Waals surface area (Å²) in [5.74, 6) is -1.84. The number of halogens is 2. The Morgan fingerprint density at radius 1 is 1.16 bits per heavy atom. The van der Waals surface area contributed by atoms with Crippen LogP contribution in [0.2, 0.25) is 0 Å². The Morgan fingerprint density at radius 3 is 2.66 bits per heavy atom. The topological polar surface area (TPSA) is 109 Å². The van der Waals surface area contributed by atoms with Crippen LogP contribution in [0.1, 0.15) is 29.8 Å². The third kappa shape index (κ3) is 3.52. The van der Waals surface area contributed by atoms with Gasteiger partial charge in [0.1, 0.15) is 29.6 Å². The lowest BCUT2D eigenvalue weighted by Crippen LogP contribution is -2.22. The molecule has 0 spiro atoms. The van der Waals surface area contributed by atoms with Gasteiger partial charge < -0.3 is 11.1 Å². The molecule has 9 heteroatoms. The number of pyridine rings is 2. The Labute approximate surface area is 181 Å². The number of aromatic nitrogens is 3. The lowest BCUT2D eigenvalue weighted by Gasteiger charge is -2.21. The van der Waals surface area contributed by atoms with Crippen LogP contribution in [-0.4, -0.2) is 14.4 Å². The van der Waals surface area contributed by atoms with Crippen molar-refractivity contribution in [2.75, 3.05) is 11.1 Å². The number of anilines is 2. The minimum absolute atomic E-state index is 0.0206. The van der Waals surface area contributed by atoms with E-state index in [0.717, 1.165) is 12.1 Å². The van der Waals surface area contributed by atoms with Gasteiger partial charge in [-0.15, -0.1) is 0 Å². The predicted molar refractivity (Wildman–Crippen MR) is 117 cm³/mol. The molecular weight excluding hydrogens is 414 g/mol. The summed E-state index contributed by atoms with van der Waals surface area (Å²) in [5.41, 5.74) is 7.75. The van der Waals surface area contributed by atoms with E-state index in [0.29, 0.717) is 16.8 Å². The van der Waals surface area contributed by atoms with Crippen LogP contribution in [0.25, 0.3) is 16.6 Å². The molecule has 0 aliphatic heterocycles. The summed E-state index contributed by atoms with van der Waals surface area (Å²) in [6.45, 7) is 3.55. The summed E-state index contributed by atoms with van der Waals surface area (Å²) in [7, 11) is 0. The molecule has 0 fully saturated rings. The fraction of sp³-hybridized carbons (Fsp3) is 0.130. The number of nitrogens with zero attached hydrogens (tertiary/aromatic N) is 4. The smallest absolute Gasteiger partial charge is 0.263 e. The van der Waals surface area contributed by atoms with E-state index in [1.165, 1.54) is 16.8 Å². The first-order chi connectivity index (χ1) is 15.3. The van der Waals surface area contributed by atoms with Gasteiger partial charge in [-0.2, -0.15) is 5.26 Å². The Balaban J connectivity index is 1.96. The summed E-state index contributed by atoms with van der Waals surface area (Å²) < 4.78 is 29.1. The van der Waals surface area contributed by atoms with Crippen LogP contribution < -0.4 is 16.6 Å².